The van der Waals surface area contributed by atoms with Crippen molar-refractivity contribution in [3.8, 4) is 0 Å². The summed E-state index contributed by atoms with van der Waals surface area (Å²) in [6.07, 6.45) is 2.04. The Bertz CT molecular complexity index is 1440. The van der Waals surface area contributed by atoms with Gasteiger partial charge in [-0.2, -0.15) is 0 Å². The lowest BCUT2D eigenvalue weighted by molar-refractivity contribution is -0.117. The highest BCUT2D eigenvalue weighted by molar-refractivity contribution is 6.07. The number of allylic oxidation sites excluding steroid dienone is 1. The molecule has 3 aromatic carbocycles. The molecule has 1 aromatic heterocycles. The van der Waals surface area contributed by atoms with Crippen LogP contribution in [0.2, 0.25) is 0 Å². The van der Waals surface area contributed by atoms with Gasteiger partial charge in [0.15, 0.2) is 0 Å². The van der Waals surface area contributed by atoms with E-state index in [1.165, 1.54) is 6.07 Å². The number of anilines is 3. The highest BCUT2D eigenvalue weighted by Gasteiger charge is 2.20. The number of hydrogen-bond donors (Lipinski definition) is 3. The summed E-state index contributed by atoms with van der Waals surface area (Å²) in [5.41, 5.74) is 8.77. The minimum Gasteiger partial charge on any atom is -0.399 e. The average Bonchev–Trinajstić information content (AvgIpc) is 3.19. The maximum Gasteiger partial charge on any atom is 0.272 e. The molecule has 0 atom stereocenters. The monoisotopic (exact) mass is 484 g/mol. The molecule has 0 aliphatic rings. The molecule has 0 spiro atoms. The number of benzene rings is 3. The van der Waals surface area contributed by atoms with Crippen LogP contribution in [0, 0.1) is 11.2 Å². The van der Waals surface area contributed by atoms with Gasteiger partial charge in [-0.25, -0.2) is 4.39 Å². The number of carbonyl (C=O) groups is 2. The van der Waals surface area contributed by atoms with Crippen molar-refractivity contribution in [1.82, 2.24) is 4.57 Å². The lowest BCUT2D eigenvalue weighted by Gasteiger charge is -2.18. The van der Waals surface area contributed by atoms with Crippen molar-refractivity contribution in [3.05, 3.63) is 103 Å². The third kappa shape index (κ3) is 5.63. The smallest absolute Gasteiger partial charge is 0.272 e. The fourth-order valence-corrected chi connectivity index (χ4v) is 3.96. The van der Waals surface area contributed by atoms with Gasteiger partial charge >= 0.3 is 0 Å². The molecule has 0 unspecified atom stereocenters. The van der Waals surface area contributed by atoms with Crippen LogP contribution < -0.4 is 16.4 Å². The molecule has 0 saturated heterocycles. The first-order valence-electron chi connectivity index (χ1n) is 11.6. The third-order valence-corrected chi connectivity index (χ3v) is 6.04. The Morgan fingerprint density at radius 1 is 1.00 bits per heavy atom. The minimum atomic E-state index is -0.349. The molecule has 7 heteroatoms. The normalized spacial score (nSPS) is 11.3. The first-order chi connectivity index (χ1) is 17.1. The molecule has 1 heterocycles. The van der Waals surface area contributed by atoms with Crippen LogP contribution in [0.1, 0.15) is 36.3 Å². The summed E-state index contributed by atoms with van der Waals surface area (Å²) in [7, 11) is 0. The van der Waals surface area contributed by atoms with Crippen LogP contribution in [0.15, 0.2) is 85.5 Å². The van der Waals surface area contributed by atoms with Crippen molar-refractivity contribution in [1.29, 1.82) is 0 Å². The zero-order valence-corrected chi connectivity index (χ0v) is 20.3. The van der Waals surface area contributed by atoms with E-state index in [2.05, 4.69) is 17.2 Å². The lowest BCUT2D eigenvalue weighted by Crippen LogP contribution is -2.20. The van der Waals surface area contributed by atoms with Gasteiger partial charge in [-0.15, -0.1) is 6.58 Å². The van der Waals surface area contributed by atoms with Crippen molar-refractivity contribution < 1.29 is 14.0 Å². The van der Waals surface area contributed by atoms with Crippen molar-refractivity contribution in [3.63, 3.8) is 0 Å². The van der Waals surface area contributed by atoms with Gasteiger partial charge in [-0.05, 0) is 60.0 Å². The number of halogens is 1. The van der Waals surface area contributed by atoms with E-state index >= 15 is 0 Å². The molecule has 4 aromatic rings. The summed E-state index contributed by atoms with van der Waals surface area (Å²) in [5.74, 6) is -0.824. The molecule has 0 radical (unpaired) electrons. The summed E-state index contributed by atoms with van der Waals surface area (Å²) >= 11 is 0. The Morgan fingerprint density at radius 2 is 1.69 bits per heavy atom. The van der Waals surface area contributed by atoms with E-state index in [1.807, 2.05) is 26.0 Å². The Morgan fingerprint density at radius 3 is 2.39 bits per heavy atom. The number of nitrogens with zero attached hydrogens (tertiary/aromatic N) is 1. The van der Waals surface area contributed by atoms with Crippen molar-refractivity contribution in [2.24, 2.45) is 5.41 Å². The van der Waals surface area contributed by atoms with Gasteiger partial charge in [0.1, 0.15) is 11.5 Å². The topological polar surface area (TPSA) is 89.2 Å². The van der Waals surface area contributed by atoms with E-state index in [4.69, 9.17) is 5.73 Å². The molecule has 6 nitrogen and oxygen atoms in total. The predicted octanol–water partition coefficient (Wildman–Crippen LogP) is 6.20. The van der Waals surface area contributed by atoms with Crippen molar-refractivity contribution in [2.45, 2.75) is 26.8 Å². The van der Waals surface area contributed by atoms with Gasteiger partial charge in [-0.1, -0.05) is 38.1 Å². The summed E-state index contributed by atoms with van der Waals surface area (Å²) in [5, 5.41) is 6.54. The Labute approximate surface area is 209 Å². The number of rotatable bonds is 8. The molecule has 0 bridgehead atoms. The van der Waals surface area contributed by atoms with Gasteiger partial charge in [-0.3, -0.25) is 9.59 Å². The Kier molecular flexibility index (Phi) is 6.92. The van der Waals surface area contributed by atoms with E-state index < -0.39 is 0 Å². The van der Waals surface area contributed by atoms with E-state index in [0.29, 0.717) is 28.3 Å². The second-order valence-electron chi connectivity index (χ2n) is 9.47. The number of hydrogen-bond acceptors (Lipinski definition) is 3. The lowest BCUT2D eigenvalue weighted by atomic mass is 9.89. The Hall–Kier alpha value is -4.39. The highest BCUT2D eigenvalue weighted by atomic mass is 19.1. The zero-order valence-electron chi connectivity index (χ0n) is 20.3. The Balaban J connectivity index is 1.69. The number of nitrogens with one attached hydrogen (secondary N) is 2. The zero-order chi connectivity index (χ0) is 25.9. The van der Waals surface area contributed by atoms with Crippen LogP contribution >= 0.6 is 0 Å². The van der Waals surface area contributed by atoms with Gasteiger partial charge in [0.25, 0.3) is 5.91 Å². The molecule has 2 amide bonds. The van der Waals surface area contributed by atoms with Crippen LogP contribution in [0.3, 0.4) is 0 Å². The van der Waals surface area contributed by atoms with Crippen LogP contribution in [0.25, 0.3) is 10.9 Å². The fourth-order valence-electron chi connectivity index (χ4n) is 3.96. The molecule has 4 rings (SSSR count). The van der Waals surface area contributed by atoms with Gasteiger partial charge in [0.2, 0.25) is 5.91 Å². The van der Waals surface area contributed by atoms with Crippen molar-refractivity contribution >= 4 is 39.8 Å². The molecule has 4 N–H and O–H groups in total. The number of nitrogen functional groups attached to an aromatic ring is 1. The molecule has 0 fully saturated rings. The number of fused-ring (bicyclic) bond motifs is 1. The summed E-state index contributed by atoms with van der Waals surface area (Å²) in [6, 6.07) is 20.5. The molecule has 0 saturated carbocycles. The van der Waals surface area contributed by atoms with Crippen LogP contribution in [-0.2, 0) is 11.3 Å². The molecule has 184 valence electrons. The highest BCUT2D eigenvalue weighted by Crippen LogP contribution is 2.27. The first-order valence-corrected chi connectivity index (χ1v) is 11.6. The van der Waals surface area contributed by atoms with Crippen LogP contribution in [0.5, 0.6) is 0 Å². The molecule has 36 heavy (non-hydrogen) atoms. The van der Waals surface area contributed by atoms with Crippen molar-refractivity contribution in [2.75, 3.05) is 16.4 Å². The second-order valence-corrected chi connectivity index (χ2v) is 9.47. The third-order valence-electron chi connectivity index (χ3n) is 6.04. The van der Waals surface area contributed by atoms with Gasteiger partial charge in [0.05, 0.1) is 6.54 Å². The van der Waals surface area contributed by atoms with Gasteiger partial charge in [0, 0.05) is 39.9 Å². The number of carbonyl (C=O) groups excluding carboxylic acids is 2. The molecule has 0 aliphatic heterocycles. The molecule has 0 aliphatic carbocycles. The standard InChI is InChI=1S/C29H29FN4O2/c1-4-29(2,3)17-27(35)32-23-13-14-25-20(15-23)16-26(28(36)33-22-11-9-21(31)10-12-22)34(25)18-19-7-5-6-8-24(19)30/h4-16H,1,17-18,31H2,2-3H3,(H,32,35)(H,33,36). The second kappa shape index (κ2) is 10.1. The van der Waals surface area contributed by atoms with Gasteiger partial charge < -0.3 is 20.9 Å². The molecular formula is C29H29FN4O2. The largest absolute Gasteiger partial charge is 0.399 e. The minimum absolute atomic E-state index is 0.133. The van der Waals surface area contributed by atoms with E-state index in [1.54, 1.807) is 65.2 Å². The first kappa shape index (κ1) is 24.7. The summed E-state index contributed by atoms with van der Waals surface area (Å²) < 4.78 is 16.3. The number of nitrogens with two attached hydrogens (primary N) is 1. The van der Waals surface area contributed by atoms with E-state index in [9.17, 15) is 14.0 Å². The summed E-state index contributed by atoms with van der Waals surface area (Å²) in [6.45, 7) is 7.83. The van der Waals surface area contributed by atoms with Crippen LogP contribution in [0.4, 0.5) is 21.5 Å². The maximum absolute atomic E-state index is 14.5. The average molecular weight is 485 g/mol. The number of aromatic nitrogens is 1. The van der Waals surface area contributed by atoms with Crippen LogP contribution in [-0.4, -0.2) is 16.4 Å². The SMILES string of the molecule is C=CC(C)(C)CC(=O)Nc1ccc2c(c1)cc(C(=O)Nc1ccc(N)cc1)n2Cc1ccccc1F. The molecular weight excluding hydrogens is 455 g/mol. The fraction of sp³-hybridized carbons (Fsp3) is 0.172. The quantitative estimate of drug-likeness (QED) is 0.205. The van der Waals surface area contributed by atoms with E-state index in [0.717, 1.165) is 10.9 Å². The maximum atomic E-state index is 14.5. The summed E-state index contributed by atoms with van der Waals surface area (Å²) in [4.78, 5) is 25.8. The number of amides is 2. The predicted molar refractivity (Wildman–Crippen MR) is 143 cm³/mol. The van der Waals surface area contributed by atoms with E-state index in [-0.39, 0.29) is 36.0 Å².